The highest BCUT2D eigenvalue weighted by atomic mass is 16.5. The summed E-state index contributed by atoms with van der Waals surface area (Å²) in [5.74, 6) is 1.87. The van der Waals surface area contributed by atoms with Crippen molar-refractivity contribution in [2.75, 3.05) is 19.8 Å². The Balaban J connectivity index is 1.53. The van der Waals surface area contributed by atoms with Crippen LogP contribution in [0.5, 0.6) is 5.75 Å². The van der Waals surface area contributed by atoms with E-state index in [1.165, 1.54) is 5.56 Å². The predicted octanol–water partition coefficient (Wildman–Crippen LogP) is 3.38. The van der Waals surface area contributed by atoms with Gasteiger partial charge in [-0.1, -0.05) is 24.3 Å². The number of nitrogens with one attached hydrogen (secondary N) is 1. The van der Waals surface area contributed by atoms with E-state index in [0.29, 0.717) is 31.4 Å². The number of ether oxygens (including phenoxy) is 2. The molecule has 2 atom stereocenters. The van der Waals surface area contributed by atoms with E-state index in [9.17, 15) is 4.79 Å². The van der Waals surface area contributed by atoms with Crippen LogP contribution in [0.25, 0.3) is 0 Å². The zero-order chi connectivity index (χ0) is 16.8. The third-order valence-electron chi connectivity index (χ3n) is 4.76. The van der Waals surface area contributed by atoms with E-state index in [1.807, 2.05) is 6.07 Å². The summed E-state index contributed by atoms with van der Waals surface area (Å²) in [6.45, 7) is 4.87. The maximum absolute atomic E-state index is 12.1. The van der Waals surface area contributed by atoms with Gasteiger partial charge in [-0.15, -0.1) is 0 Å². The van der Waals surface area contributed by atoms with Gasteiger partial charge in [-0.25, -0.2) is 0 Å². The lowest BCUT2D eigenvalue weighted by Gasteiger charge is -2.16. The number of amides is 1. The van der Waals surface area contributed by atoms with Gasteiger partial charge in [0, 0.05) is 31.1 Å². The number of allylic oxidation sites excluding steroid dienone is 2. The predicted molar refractivity (Wildman–Crippen MR) is 93.9 cm³/mol. The number of rotatable bonds is 7. The molecule has 0 unspecified atom stereocenters. The summed E-state index contributed by atoms with van der Waals surface area (Å²) in [4.78, 5) is 12.1. The zero-order valence-corrected chi connectivity index (χ0v) is 14.4. The van der Waals surface area contributed by atoms with Crippen LogP contribution in [-0.2, 0) is 16.1 Å². The van der Waals surface area contributed by atoms with Gasteiger partial charge in [0.1, 0.15) is 5.75 Å². The minimum Gasteiger partial charge on any atom is -0.493 e. The molecule has 1 aromatic rings. The van der Waals surface area contributed by atoms with Crippen LogP contribution in [0, 0.1) is 18.8 Å². The SMILES string of the molecule is Cc1ccc(CNC(=O)C[C@H]2C=CCC2)c(OC[C@@H]2CCOC2)c1. The Morgan fingerprint density at radius 3 is 3.04 bits per heavy atom. The lowest BCUT2D eigenvalue weighted by molar-refractivity contribution is -0.121. The fourth-order valence-electron chi connectivity index (χ4n) is 3.23. The van der Waals surface area contributed by atoms with Crippen molar-refractivity contribution in [2.24, 2.45) is 11.8 Å². The van der Waals surface area contributed by atoms with Crippen molar-refractivity contribution in [3.8, 4) is 5.75 Å². The van der Waals surface area contributed by atoms with E-state index in [4.69, 9.17) is 9.47 Å². The van der Waals surface area contributed by atoms with Crippen molar-refractivity contribution >= 4 is 5.91 Å². The molecule has 3 rings (SSSR count). The van der Waals surface area contributed by atoms with Gasteiger partial charge in [0.15, 0.2) is 0 Å². The molecule has 0 saturated carbocycles. The largest absolute Gasteiger partial charge is 0.493 e. The molecule has 1 heterocycles. The normalized spacial score (nSPS) is 22.7. The van der Waals surface area contributed by atoms with Crippen LogP contribution < -0.4 is 10.1 Å². The van der Waals surface area contributed by atoms with Gasteiger partial charge in [-0.2, -0.15) is 0 Å². The molecule has 1 saturated heterocycles. The number of carbonyl (C=O) groups excluding carboxylic acids is 1. The number of carbonyl (C=O) groups is 1. The first kappa shape index (κ1) is 17.0. The molecule has 0 aromatic heterocycles. The second-order valence-corrected chi connectivity index (χ2v) is 6.90. The van der Waals surface area contributed by atoms with Gasteiger partial charge in [0.2, 0.25) is 5.91 Å². The monoisotopic (exact) mass is 329 g/mol. The Morgan fingerprint density at radius 2 is 2.29 bits per heavy atom. The Labute approximate surface area is 144 Å². The molecular formula is C20H27NO3. The Morgan fingerprint density at radius 1 is 1.38 bits per heavy atom. The average Bonchev–Trinajstić information content (AvgIpc) is 3.25. The van der Waals surface area contributed by atoms with Crippen molar-refractivity contribution < 1.29 is 14.3 Å². The highest BCUT2D eigenvalue weighted by molar-refractivity contribution is 5.76. The lowest BCUT2D eigenvalue weighted by Crippen LogP contribution is -2.25. The lowest BCUT2D eigenvalue weighted by atomic mass is 10.0. The van der Waals surface area contributed by atoms with Crippen LogP contribution in [0.2, 0.25) is 0 Å². The molecule has 130 valence electrons. The number of benzene rings is 1. The van der Waals surface area contributed by atoms with Crippen molar-refractivity contribution in [1.82, 2.24) is 5.32 Å². The molecule has 4 heteroatoms. The van der Waals surface area contributed by atoms with E-state index >= 15 is 0 Å². The Hall–Kier alpha value is -1.81. The second kappa shape index (κ2) is 8.34. The van der Waals surface area contributed by atoms with Crippen LogP contribution in [0.4, 0.5) is 0 Å². The van der Waals surface area contributed by atoms with Crippen LogP contribution in [0.3, 0.4) is 0 Å². The molecule has 1 amide bonds. The second-order valence-electron chi connectivity index (χ2n) is 6.90. The summed E-state index contributed by atoms with van der Waals surface area (Å²) < 4.78 is 11.4. The summed E-state index contributed by atoms with van der Waals surface area (Å²) in [5, 5.41) is 3.04. The fourth-order valence-corrected chi connectivity index (χ4v) is 3.23. The van der Waals surface area contributed by atoms with Gasteiger partial charge in [-0.3, -0.25) is 4.79 Å². The Bertz CT molecular complexity index is 591. The molecule has 24 heavy (non-hydrogen) atoms. The molecule has 0 spiro atoms. The van der Waals surface area contributed by atoms with Crippen LogP contribution in [0.15, 0.2) is 30.4 Å². The van der Waals surface area contributed by atoms with Gasteiger partial charge >= 0.3 is 0 Å². The summed E-state index contributed by atoms with van der Waals surface area (Å²) in [6.07, 6.45) is 8.15. The third kappa shape index (κ3) is 4.84. The standard InChI is InChI=1S/C20H27NO3/c1-15-6-7-18(12-21-20(22)11-16-4-2-3-5-16)19(10-15)24-14-17-8-9-23-13-17/h2,4,6-7,10,16-17H,3,5,8-9,11-14H2,1H3,(H,21,22)/t16-,17+/m0/s1. The van der Waals surface area contributed by atoms with E-state index in [0.717, 1.165) is 43.8 Å². The van der Waals surface area contributed by atoms with Crippen molar-refractivity contribution in [1.29, 1.82) is 0 Å². The Kier molecular flexibility index (Phi) is 5.91. The van der Waals surface area contributed by atoms with Crippen molar-refractivity contribution in [3.05, 3.63) is 41.5 Å². The summed E-state index contributed by atoms with van der Waals surface area (Å²) in [5.41, 5.74) is 2.20. The molecule has 0 radical (unpaired) electrons. The van der Waals surface area contributed by atoms with E-state index < -0.39 is 0 Å². The number of hydrogen-bond acceptors (Lipinski definition) is 3. The van der Waals surface area contributed by atoms with Gasteiger partial charge in [0.25, 0.3) is 0 Å². The van der Waals surface area contributed by atoms with Crippen LogP contribution in [-0.4, -0.2) is 25.7 Å². The first-order valence-electron chi connectivity index (χ1n) is 8.94. The average molecular weight is 329 g/mol. The minimum atomic E-state index is 0.113. The number of hydrogen-bond donors (Lipinski definition) is 1. The summed E-state index contributed by atoms with van der Waals surface area (Å²) >= 11 is 0. The quantitative estimate of drug-likeness (QED) is 0.780. The molecule has 1 N–H and O–H groups in total. The fraction of sp³-hybridized carbons (Fsp3) is 0.550. The maximum atomic E-state index is 12.1. The molecule has 1 aromatic carbocycles. The first-order valence-corrected chi connectivity index (χ1v) is 8.94. The van der Waals surface area contributed by atoms with Crippen molar-refractivity contribution in [3.63, 3.8) is 0 Å². The van der Waals surface area contributed by atoms with E-state index in [-0.39, 0.29) is 5.91 Å². The van der Waals surface area contributed by atoms with Gasteiger partial charge in [0.05, 0.1) is 13.2 Å². The van der Waals surface area contributed by atoms with Crippen LogP contribution in [0.1, 0.15) is 36.8 Å². The minimum absolute atomic E-state index is 0.113. The molecule has 1 fully saturated rings. The smallest absolute Gasteiger partial charge is 0.220 e. The molecule has 1 aliphatic carbocycles. The van der Waals surface area contributed by atoms with Crippen molar-refractivity contribution in [2.45, 2.75) is 39.2 Å². The maximum Gasteiger partial charge on any atom is 0.220 e. The summed E-state index contributed by atoms with van der Waals surface area (Å²) in [7, 11) is 0. The van der Waals surface area contributed by atoms with E-state index in [2.05, 4.69) is 36.5 Å². The van der Waals surface area contributed by atoms with E-state index in [1.54, 1.807) is 0 Å². The zero-order valence-electron chi connectivity index (χ0n) is 14.4. The third-order valence-corrected chi connectivity index (χ3v) is 4.76. The molecule has 0 bridgehead atoms. The molecule has 2 aliphatic rings. The molecular weight excluding hydrogens is 302 g/mol. The number of aryl methyl sites for hydroxylation is 1. The van der Waals surface area contributed by atoms with Gasteiger partial charge < -0.3 is 14.8 Å². The van der Waals surface area contributed by atoms with Gasteiger partial charge in [-0.05, 0) is 43.7 Å². The highest BCUT2D eigenvalue weighted by Crippen LogP contribution is 2.23. The van der Waals surface area contributed by atoms with Crippen LogP contribution >= 0.6 is 0 Å². The molecule has 4 nitrogen and oxygen atoms in total. The highest BCUT2D eigenvalue weighted by Gasteiger charge is 2.18. The topological polar surface area (TPSA) is 47.6 Å². The summed E-state index contributed by atoms with van der Waals surface area (Å²) in [6, 6.07) is 6.16. The first-order chi connectivity index (χ1) is 11.7. The molecule has 1 aliphatic heterocycles.